The summed E-state index contributed by atoms with van der Waals surface area (Å²) in [6.45, 7) is 3.02. The monoisotopic (exact) mass is 346 g/mol. The maximum absolute atomic E-state index is 10.7. The van der Waals surface area contributed by atoms with Gasteiger partial charge in [-0.2, -0.15) is 0 Å². The van der Waals surface area contributed by atoms with Gasteiger partial charge in [0, 0.05) is 12.6 Å². The zero-order chi connectivity index (χ0) is 18.1. The van der Waals surface area contributed by atoms with Gasteiger partial charge in [0.1, 0.15) is 17.3 Å². The third kappa shape index (κ3) is 2.68. The van der Waals surface area contributed by atoms with Crippen molar-refractivity contribution in [1.82, 2.24) is 9.55 Å². The number of fused-ring (bicyclic) bond motifs is 2. The molecule has 0 unspecified atom stereocenters. The number of aromatic hydroxyl groups is 1. The largest absolute Gasteiger partial charge is 0.507 e. The minimum absolute atomic E-state index is 0.253. The van der Waals surface area contributed by atoms with E-state index in [-0.39, 0.29) is 5.75 Å². The summed E-state index contributed by atoms with van der Waals surface area (Å²) in [5.41, 5.74) is 2.72. The Morgan fingerprint density at radius 1 is 1.08 bits per heavy atom. The van der Waals surface area contributed by atoms with Crippen LogP contribution < -0.4 is 4.74 Å². The van der Waals surface area contributed by atoms with Gasteiger partial charge < -0.3 is 14.4 Å². The van der Waals surface area contributed by atoms with Crippen molar-refractivity contribution in [3.63, 3.8) is 0 Å². The molecule has 0 aliphatic rings. The fourth-order valence-electron chi connectivity index (χ4n) is 3.46. The highest BCUT2D eigenvalue weighted by atomic mass is 16.5. The number of imidazole rings is 1. The predicted octanol–water partition coefficient (Wildman–Crippen LogP) is 5.37. The van der Waals surface area contributed by atoms with E-state index in [0.717, 1.165) is 58.3 Å². The topological polar surface area (TPSA) is 47.3 Å². The lowest BCUT2D eigenvalue weighted by molar-refractivity contribution is 0.415. The molecule has 0 saturated carbocycles. The number of nitrogens with zero attached hydrogens (tertiary/aromatic N) is 2. The fourth-order valence-corrected chi connectivity index (χ4v) is 3.46. The standard InChI is InChI=1S/C22H22N2O2/c1-3-4-13-24-19-14-16(26-2)10-11-18(19)23-22(24)21-17-8-6-5-7-15(17)9-12-20(21)25/h5-12,14,25H,3-4,13H2,1-2H3. The quantitative estimate of drug-likeness (QED) is 0.528. The van der Waals surface area contributed by atoms with E-state index in [1.807, 2.05) is 42.5 Å². The highest BCUT2D eigenvalue weighted by Crippen LogP contribution is 2.38. The molecule has 4 aromatic rings. The maximum Gasteiger partial charge on any atom is 0.145 e. The first-order valence-electron chi connectivity index (χ1n) is 8.98. The van der Waals surface area contributed by atoms with Crippen LogP contribution >= 0.6 is 0 Å². The molecule has 1 aromatic heterocycles. The average Bonchev–Trinajstić information content (AvgIpc) is 3.03. The molecule has 0 bridgehead atoms. The minimum Gasteiger partial charge on any atom is -0.507 e. The predicted molar refractivity (Wildman–Crippen MR) is 106 cm³/mol. The van der Waals surface area contributed by atoms with E-state index in [1.54, 1.807) is 13.2 Å². The second-order valence-electron chi connectivity index (χ2n) is 6.48. The Labute approximate surface area is 152 Å². The van der Waals surface area contributed by atoms with E-state index < -0.39 is 0 Å². The minimum atomic E-state index is 0.253. The van der Waals surface area contributed by atoms with Gasteiger partial charge >= 0.3 is 0 Å². The molecular weight excluding hydrogens is 324 g/mol. The zero-order valence-corrected chi connectivity index (χ0v) is 15.1. The Morgan fingerprint density at radius 3 is 2.73 bits per heavy atom. The van der Waals surface area contributed by atoms with E-state index in [2.05, 4.69) is 17.6 Å². The van der Waals surface area contributed by atoms with Crippen LogP contribution in [0.1, 0.15) is 19.8 Å². The van der Waals surface area contributed by atoms with Gasteiger partial charge in [0.05, 0.1) is 23.7 Å². The number of methoxy groups -OCH3 is 1. The number of ether oxygens (including phenoxy) is 1. The fraction of sp³-hybridized carbons (Fsp3) is 0.227. The maximum atomic E-state index is 10.7. The summed E-state index contributed by atoms with van der Waals surface area (Å²) in [5.74, 6) is 1.86. The van der Waals surface area contributed by atoms with Gasteiger partial charge in [-0.15, -0.1) is 0 Å². The van der Waals surface area contributed by atoms with Crippen molar-refractivity contribution in [2.75, 3.05) is 7.11 Å². The van der Waals surface area contributed by atoms with Gasteiger partial charge in [0.15, 0.2) is 0 Å². The van der Waals surface area contributed by atoms with Crippen LogP contribution in [0.5, 0.6) is 11.5 Å². The molecule has 4 nitrogen and oxygen atoms in total. The van der Waals surface area contributed by atoms with Crippen molar-refractivity contribution in [1.29, 1.82) is 0 Å². The number of benzene rings is 3. The number of phenols is 1. The second kappa shape index (κ2) is 6.71. The average molecular weight is 346 g/mol. The summed E-state index contributed by atoms with van der Waals surface area (Å²) < 4.78 is 7.60. The molecule has 0 amide bonds. The van der Waals surface area contributed by atoms with Crippen molar-refractivity contribution in [2.24, 2.45) is 0 Å². The molecule has 0 saturated heterocycles. The Bertz CT molecular complexity index is 1080. The van der Waals surface area contributed by atoms with Gasteiger partial charge in [0.25, 0.3) is 0 Å². The van der Waals surface area contributed by atoms with Crippen LogP contribution in [-0.4, -0.2) is 21.8 Å². The molecule has 1 N–H and O–H groups in total. The SMILES string of the molecule is CCCCn1c(-c2c(O)ccc3ccccc23)nc2ccc(OC)cc21. The summed E-state index contributed by atoms with van der Waals surface area (Å²) in [5, 5.41) is 12.8. The lowest BCUT2D eigenvalue weighted by Crippen LogP contribution is -2.01. The first-order chi connectivity index (χ1) is 12.7. The number of phenolic OH excluding ortho intramolecular Hbond substituents is 1. The molecule has 1 heterocycles. The number of rotatable bonds is 5. The van der Waals surface area contributed by atoms with Crippen molar-refractivity contribution in [3.05, 3.63) is 54.6 Å². The van der Waals surface area contributed by atoms with Crippen LogP contribution in [0.2, 0.25) is 0 Å². The van der Waals surface area contributed by atoms with Crippen LogP contribution in [0, 0.1) is 0 Å². The molecule has 0 aliphatic heterocycles. The molecule has 26 heavy (non-hydrogen) atoms. The molecule has 4 heteroatoms. The number of unbranched alkanes of at least 4 members (excludes halogenated alkanes) is 1. The Hall–Kier alpha value is -3.01. The van der Waals surface area contributed by atoms with E-state index in [0.29, 0.717) is 0 Å². The van der Waals surface area contributed by atoms with Gasteiger partial charge in [-0.25, -0.2) is 4.98 Å². The van der Waals surface area contributed by atoms with Crippen LogP contribution in [-0.2, 0) is 6.54 Å². The van der Waals surface area contributed by atoms with Crippen molar-refractivity contribution in [3.8, 4) is 22.9 Å². The van der Waals surface area contributed by atoms with E-state index in [1.165, 1.54) is 0 Å². The molecule has 0 fully saturated rings. The summed E-state index contributed by atoms with van der Waals surface area (Å²) in [7, 11) is 1.67. The Morgan fingerprint density at radius 2 is 1.92 bits per heavy atom. The molecule has 4 rings (SSSR count). The van der Waals surface area contributed by atoms with Crippen LogP contribution in [0.15, 0.2) is 54.6 Å². The van der Waals surface area contributed by atoms with Gasteiger partial charge in [0.2, 0.25) is 0 Å². The number of aromatic nitrogens is 2. The van der Waals surface area contributed by atoms with Crippen molar-refractivity contribution >= 4 is 21.8 Å². The number of hydrogen-bond acceptors (Lipinski definition) is 3. The van der Waals surface area contributed by atoms with Gasteiger partial charge in [-0.3, -0.25) is 0 Å². The Kier molecular flexibility index (Phi) is 4.25. The van der Waals surface area contributed by atoms with Crippen LogP contribution in [0.25, 0.3) is 33.2 Å². The highest BCUT2D eigenvalue weighted by Gasteiger charge is 2.18. The normalized spacial score (nSPS) is 11.3. The highest BCUT2D eigenvalue weighted by molar-refractivity contribution is 5.99. The van der Waals surface area contributed by atoms with Crippen molar-refractivity contribution in [2.45, 2.75) is 26.3 Å². The van der Waals surface area contributed by atoms with E-state index in [4.69, 9.17) is 9.72 Å². The number of hydrogen-bond donors (Lipinski definition) is 1. The van der Waals surface area contributed by atoms with E-state index >= 15 is 0 Å². The van der Waals surface area contributed by atoms with Gasteiger partial charge in [-0.1, -0.05) is 43.7 Å². The van der Waals surface area contributed by atoms with Crippen LogP contribution in [0.3, 0.4) is 0 Å². The molecular formula is C22H22N2O2. The number of aryl methyl sites for hydroxylation is 1. The second-order valence-corrected chi connectivity index (χ2v) is 6.48. The summed E-state index contributed by atoms with van der Waals surface area (Å²) in [4.78, 5) is 4.87. The molecule has 0 atom stereocenters. The van der Waals surface area contributed by atoms with Crippen LogP contribution in [0.4, 0.5) is 0 Å². The lowest BCUT2D eigenvalue weighted by Gasteiger charge is -2.12. The molecule has 0 radical (unpaired) electrons. The molecule has 3 aromatic carbocycles. The molecule has 0 spiro atoms. The van der Waals surface area contributed by atoms with Crippen molar-refractivity contribution < 1.29 is 9.84 Å². The molecule has 132 valence electrons. The first kappa shape index (κ1) is 16.5. The van der Waals surface area contributed by atoms with Gasteiger partial charge in [-0.05, 0) is 35.4 Å². The first-order valence-corrected chi connectivity index (χ1v) is 8.98. The lowest BCUT2D eigenvalue weighted by atomic mass is 10.0. The summed E-state index contributed by atoms with van der Waals surface area (Å²) in [6.07, 6.45) is 2.13. The third-order valence-electron chi connectivity index (χ3n) is 4.82. The summed E-state index contributed by atoms with van der Waals surface area (Å²) in [6, 6.07) is 17.7. The summed E-state index contributed by atoms with van der Waals surface area (Å²) >= 11 is 0. The zero-order valence-electron chi connectivity index (χ0n) is 15.1. The molecule has 0 aliphatic carbocycles. The van der Waals surface area contributed by atoms with E-state index in [9.17, 15) is 5.11 Å². The third-order valence-corrected chi connectivity index (χ3v) is 4.82. The Balaban J connectivity index is 2.04. The smallest absolute Gasteiger partial charge is 0.145 e.